The third kappa shape index (κ3) is 4.95. The summed E-state index contributed by atoms with van der Waals surface area (Å²) in [5.41, 5.74) is 0.614. The lowest BCUT2D eigenvalue weighted by Crippen LogP contribution is -2.18. The van der Waals surface area contributed by atoms with Gasteiger partial charge in [-0.3, -0.25) is 4.79 Å². The fraction of sp³-hybridized carbons (Fsp3) is 0.0667. The number of carbonyl (C=O) groups excluding carboxylic acids is 1. The number of carbonyl (C=O) groups is 1. The molecule has 24 heavy (non-hydrogen) atoms. The second kappa shape index (κ2) is 7.65. The van der Waals surface area contributed by atoms with E-state index < -0.39 is 16.0 Å². The molecular weight excluding hydrogens is 375 g/mol. The van der Waals surface area contributed by atoms with Crippen molar-refractivity contribution in [2.24, 2.45) is 5.10 Å². The second-order valence-electron chi connectivity index (χ2n) is 4.59. The lowest BCUT2D eigenvalue weighted by molar-refractivity contribution is -0.131. The molecule has 0 heterocycles. The Kier molecular flexibility index (Phi) is 5.82. The van der Waals surface area contributed by atoms with E-state index in [4.69, 9.17) is 27.9 Å². The number of esters is 1. The highest BCUT2D eigenvalue weighted by atomic mass is 35.5. The van der Waals surface area contributed by atoms with E-state index in [0.717, 1.165) is 0 Å². The van der Waals surface area contributed by atoms with E-state index in [1.165, 1.54) is 31.3 Å². The Morgan fingerprint density at radius 3 is 2.38 bits per heavy atom. The zero-order chi connectivity index (χ0) is 17.7. The predicted molar refractivity (Wildman–Crippen MR) is 92.1 cm³/mol. The standard InChI is InChI=1S/C15H12Cl2N2O4S/c1-10(20)23-12-4-2-11(3-5-12)9-18-19-24(21,22)13-6-7-14(16)15(17)8-13/h2-9,19H,1H3/b18-9+. The van der Waals surface area contributed by atoms with E-state index in [1.807, 2.05) is 0 Å². The molecule has 6 nitrogen and oxygen atoms in total. The summed E-state index contributed by atoms with van der Waals surface area (Å²) in [6.07, 6.45) is 1.31. The first-order valence-corrected chi connectivity index (χ1v) is 8.80. The first kappa shape index (κ1) is 18.3. The van der Waals surface area contributed by atoms with Crippen molar-refractivity contribution in [1.29, 1.82) is 0 Å². The number of rotatable bonds is 5. The highest BCUT2D eigenvalue weighted by Gasteiger charge is 2.14. The van der Waals surface area contributed by atoms with Crippen LogP contribution in [0.1, 0.15) is 12.5 Å². The molecule has 2 aromatic carbocycles. The van der Waals surface area contributed by atoms with Gasteiger partial charge in [0.05, 0.1) is 21.2 Å². The van der Waals surface area contributed by atoms with Gasteiger partial charge in [-0.2, -0.15) is 13.5 Å². The van der Waals surface area contributed by atoms with Crippen LogP contribution < -0.4 is 9.57 Å². The average Bonchev–Trinajstić information content (AvgIpc) is 2.51. The molecular formula is C15H12Cl2N2O4S. The summed E-state index contributed by atoms with van der Waals surface area (Å²) in [7, 11) is -3.85. The molecule has 2 rings (SSSR count). The lowest BCUT2D eigenvalue weighted by Gasteiger charge is -2.04. The minimum atomic E-state index is -3.85. The SMILES string of the molecule is CC(=O)Oc1ccc(/C=N/NS(=O)(=O)c2ccc(Cl)c(Cl)c2)cc1. The van der Waals surface area contributed by atoms with Crippen LogP contribution in [0.15, 0.2) is 52.5 Å². The largest absolute Gasteiger partial charge is 0.427 e. The molecule has 0 atom stereocenters. The van der Waals surface area contributed by atoms with E-state index in [-0.39, 0.29) is 14.9 Å². The smallest absolute Gasteiger partial charge is 0.308 e. The van der Waals surface area contributed by atoms with Gasteiger partial charge < -0.3 is 4.74 Å². The number of nitrogens with zero attached hydrogens (tertiary/aromatic N) is 1. The monoisotopic (exact) mass is 386 g/mol. The van der Waals surface area contributed by atoms with Gasteiger partial charge in [-0.15, -0.1) is 0 Å². The quantitative estimate of drug-likeness (QED) is 0.370. The number of benzene rings is 2. The highest BCUT2D eigenvalue weighted by Crippen LogP contribution is 2.24. The number of nitrogens with one attached hydrogen (secondary N) is 1. The maximum Gasteiger partial charge on any atom is 0.308 e. The minimum absolute atomic E-state index is 0.0562. The van der Waals surface area contributed by atoms with Crippen LogP contribution in [-0.4, -0.2) is 20.6 Å². The molecule has 0 amide bonds. The van der Waals surface area contributed by atoms with Crippen LogP contribution in [0, 0.1) is 0 Å². The zero-order valence-electron chi connectivity index (χ0n) is 12.4. The number of ether oxygens (including phenoxy) is 1. The summed E-state index contributed by atoms with van der Waals surface area (Å²) in [5.74, 6) is -0.0400. The van der Waals surface area contributed by atoms with Crippen molar-refractivity contribution in [2.75, 3.05) is 0 Å². The first-order valence-electron chi connectivity index (χ1n) is 6.56. The summed E-state index contributed by atoms with van der Waals surface area (Å²) < 4.78 is 29.0. The third-order valence-electron chi connectivity index (χ3n) is 2.73. The molecule has 0 saturated carbocycles. The van der Waals surface area contributed by atoms with Crippen molar-refractivity contribution in [3.63, 3.8) is 0 Å². The Morgan fingerprint density at radius 2 is 1.79 bits per heavy atom. The van der Waals surface area contributed by atoms with E-state index in [1.54, 1.807) is 24.3 Å². The van der Waals surface area contributed by atoms with Gasteiger partial charge in [0.15, 0.2) is 0 Å². The summed E-state index contributed by atoms with van der Waals surface area (Å²) in [6, 6.07) is 10.3. The van der Waals surface area contributed by atoms with Gasteiger partial charge in [0, 0.05) is 6.92 Å². The van der Waals surface area contributed by atoms with E-state index in [2.05, 4.69) is 9.93 Å². The number of halogens is 2. The Labute approximate surface area is 149 Å². The van der Waals surface area contributed by atoms with Crippen LogP contribution in [0.25, 0.3) is 0 Å². The van der Waals surface area contributed by atoms with Gasteiger partial charge in [-0.25, -0.2) is 4.83 Å². The van der Waals surface area contributed by atoms with Crippen LogP contribution in [0.4, 0.5) is 0 Å². The third-order valence-corrected chi connectivity index (χ3v) is 4.69. The molecule has 0 aliphatic heterocycles. The molecule has 0 unspecified atom stereocenters. The molecule has 2 aromatic rings. The van der Waals surface area contributed by atoms with Gasteiger partial charge in [0.1, 0.15) is 5.75 Å². The van der Waals surface area contributed by atoms with Gasteiger partial charge >= 0.3 is 5.97 Å². The van der Waals surface area contributed by atoms with E-state index >= 15 is 0 Å². The number of hydrogen-bond donors (Lipinski definition) is 1. The summed E-state index contributed by atoms with van der Waals surface area (Å²) in [4.78, 5) is 12.8. The molecule has 0 spiro atoms. The topological polar surface area (TPSA) is 84.8 Å². The van der Waals surface area contributed by atoms with Crippen molar-refractivity contribution in [1.82, 2.24) is 4.83 Å². The van der Waals surface area contributed by atoms with Crippen LogP contribution in [0.2, 0.25) is 10.0 Å². The molecule has 0 aliphatic carbocycles. The molecule has 126 valence electrons. The van der Waals surface area contributed by atoms with Crippen molar-refractivity contribution in [2.45, 2.75) is 11.8 Å². The normalized spacial score (nSPS) is 11.5. The van der Waals surface area contributed by atoms with Gasteiger partial charge in [-0.05, 0) is 48.0 Å². The van der Waals surface area contributed by atoms with Gasteiger partial charge in [0.25, 0.3) is 10.0 Å². The predicted octanol–water partition coefficient (Wildman–Crippen LogP) is 3.23. The van der Waals surface area contributed by atoms with Crippen molar-refractivity contribution >= 4 is 45.4 Å². The second-order valence-corrected chi connectivity index (χ2v) is 7.07. The van der Waals surface area contributed by atoms with Crippen LogP contribution in [-0.2, 0) is 14.8 Å². The highest BCUT2D eigenvalue weighted by molar-refractivity contribution is 7.89. The van der Waals surface area contributed by atoms with Crippen molar-refractivity contribution in [3.8, 4) is 5.75 Å². The lowest BCUT2D eigenvalue weighted by atomic mass is 10.2. The minimum Gasteiger partial charge on any atom is -0.427 e. The molecule has 9 heteroatoms. The summed E-state index contributed by atoms with van der Waals surface area (Å²) in [5, 5.41) is 4.07. The molecule has 0 aromatic heterocycles. The molecule has 0 saturated heterocycles. The fourth-order valence-electron chi connectivity index (χ4n) is 1.65. The molecule has 0 aliphatic rings. The maximum atomic E-state index is 12.1. The fourth-order valence-corrected chi connectivity index (χ4v) is 2.83. The number of hydrogen-bond acceptors (Lipinski definition) is 5. The Balaban J connectivity index is 2.07. The van der Waals surface area contributed by atoms with Gasteiger partial charge in [0.2, 0.25) is 0 Å². The zero-order valence-corrected chi connectivity index (χ0v) is 14.7. The van der Waals surface area contributed by atoms with Crippen molar-refractivity contribution in [3.05, 3.63) is 58.1 Å². The van der Waals surface area contributed by atoms with Gasteiger partial charge in [-0.1, -0.05) is 23.2 Å². The van der Waals surface area contributed by atoms with Crippen LogP contribution in [0.5, 0.6) is 5.75 Å². The maximum absolute atomic E-state index is 12.1. The molecule has 1 N–H and O–H groups in total. The van der Waals surface area contributed by atoms with Crippen LogP contribution >= 0.6 is 23.2 Å². The molecule has 0 fully saturated rings. The van der Waals surface area contributed by atoms with E-state index in [9.17, 15) is 13.2 Å². The van der Waals surface area contributed by atoms with E-state index in [0.29, 0.717) is 11.3 Å². The number of hydrazone groups is 1. The summed E-state index contributed by atoms with van der Waals surface area (Å²) >= 11 is 11.6. The molecule has 0 radical (unpaired) electrons. The first-order chi connectivity index (χ1) is 11.3. The Bertz CT molecular complexity index is 881. The van der Waals surface area contributed by atoms with Crippen LogP contribution in [0.3, 0.4) is 0 Å². The summed E-state index contributed by atoms with van der Waals surface area (Å²) in [6.45, 7) is 1.30. The Morgan fingerprint density at radius 1 is 1.12 bits per heavy atom. The van der Waals surface area contributed by atoms with Crippen molar-refractivity contribution < 1.29 is 17.9 Å². The molecule has 0 bridgehead atoms. The average molecular weight is 387 g/mol. The Hall–Kier alpha value is -2.09. The number of sulfonamides is 1.